The lowest BCUT2D eigenvalue weighted by Gasteiger charge is -2.44. The Hall–Kier alpha value is -1.40. The molecule has 1 aromatic carbocycles. The minimum absolute atomic E-state index is 0.00354. The summed E-state index contributed by atoms with van der Waals surface area (Å²) in [6, 6.07) is 7.96. The highest BCUT2D eigenvalue weighted by Gasteiger charge is 2.40. The Morgan fingerprint density at radius 1 is 0.967 bits per heavy atom. The molecule has 30 heavy (non-hydrogen) atoms. The van der Waals surface area contributed by atoms with Crippen molar-refractivity contribution in [2.24, 2.45) is 5.92 Å². The Morgan fingerprint density at radius 3 is 2.33 bits per heavy atom. The molecule has 164 valence electrons. The van der Waals surface area contributed by atoms with Gasteiger partial charge in [0, 0.05) is 48.8 Å². The Kier molecular flexibility index (Phi) is 7.14. The molecule has 6 heteroatoms. The summed E-state index contributed by atoms with van der Waals surface area (Å²) < 4.78 is 0.925. The molecule has 3 aliphatic rings. The van der Waals surface area contributed by atoms with Crippen molar-refractivity contribution >= 4 is 27.7 Å². The molecule has 2 saturated heterocycles. The fourth-order valence-electron chi connectivity index (χ4n) is 5.53. The van der Waals surface area contributed by atoms with E-state index in [0.29, 0.717) is 31.0 Å². The van der Waals surface area contributed by atoms with E-state index in [9.17, 15) is 9.59 Å². The second-order valence-electron chi connectivity index (χ2n) is 9.20. The van der Waals surface area contributed by atoms with E-state index in [1.807, 2.05) is 29.2 Å². The Labute approximate surface area is 188 Å². The molecule has 2 aliphatic heterocycles. The molecule has 1 saturated carbocycles. The smallest absolute Gasteiger partial charge is 0.253 e. The van der Waals surface area contributed by atoms with Gasteiger partial charge < -0.3 is 9.80 Å². The van der Waals surface area contributed by atoms with Crippen LogP contribution in [0.4, 0.5) is 0 Å². The van der Waals surface area contributed by atoms with Crippen LogP contribution in [0.1, 0.15) is 62.2 Å². The van der Waals surface area contributed by atoms with Gasteiger partial charge in [0.25, 0.3) is 5.91 Å². The van der Waals surface area contributed by atoms with E-state index in [1.54, 1.807) is 0 Å². The average molecular weight is 476 g/mol. The summed E-state index contributed by atoms with van der Waals surface area (Å²) in [5.41, 5.74) is 0.725. The predicted octanol–water partition coefficient (Wildman–Crippen LogP) is 4.17. The summed E-state index contributed by atoms with van der Waals surface area (Å²) >= 11 is 3.46. The summed E-state index contributed by atoms with van der Waals surface area (Å²) in [6.45, 7) is 6.07. The van der Waals surface area contributed by atoms with Crippen molar-refractivity contribution in [2.75, 3.05) is 32.7 Å². The molecule has 0 spiro atoms. The maximum atomic E-state index is 13.7. The van der Waals surface area contributed by atoms with Crippen LogP contribution in [0, 0.1) is 5.92 Å². The fourth-order valence-corrected chi connectivity index (χ4v) is 5.93. The largest absolute Gasteiger partial charge is 0.339 e. The summed E-state index contributed by atoms with van der Waals surface area (Å²) in [5.74, 6) is 0.907. The third-order valence-corrected chi connectivity index (χ3v) is 7.75. The van der Waals surface area contributed by atoms with Crippen LogP contribution in [0.25, 0.3) is 0 Å². The van der Waals surface area contributed by atoms with Crippen LogP contribution in [-0.2, 0) is 4.79 Å². The summed E-state index contributed by atoms with van der Waals surface area (Å²) in [7, 11) is 0. The SMILES string of the molecule is C[C@@H]1CCCCN1C(=O)[C@H](C1CCCC1)N1CCN(C(=O)c2cccc(Br)c2)CC1. The average Bonchev–Trinajstić information content (AvgIpc) is 3.28. The summed E-state index contributed by atoms with van der Waals surface area (Å²) in [4.78, 5) is 33.1. The zero-order valence-electron chi connectivity index (χ0n) is 18.1. The number of piperazine rings is 1. The van der Waals surface area contributed by atoms with E-state index in [4.69, 9.17) is 0 Å². The summed E-state index contributed by atoms with van der Waals surface area (Å²) in [6.07, 6.45) is 8.29. The molecule has 1 aromatic rings. The van der Waals surface area contributed by atoms with Gasteiger partial charge in [-0.1, -0.05) is 34.8 Å². The van der Waals surface area contributed by atoms with Crippen LogP contribution in [0.2, 0.25) is 0 Å². The maximum absolute atomic E-state index is 13.7. The first-order valence-corrected chi connectivity index (χ1v) is 12.4. The zero-order valence-corrected chi connectivity index (χ0v) is 19.6. The van der Waals surface area contributed by atoms with Gasteiger partial charge in [-0.25, -0.2) is 0 Å². The molecule has 3 fully saturated rings. The van der Waals surface area contributed by atoms with E-state index in [0.717, 1.165) is 55.4 Å². The van der Waals surface area contributed by atoms with Crippen LogP contribution < -0.4 is 0 Å². The van der Waals surface area contributed by atoms with Crippen molar-refractivity contribution in [2.45, 2.75) is 64.0 Å². The van der Waals surface area contributed by atoms with E-state index < -0.39 is 0 Å². The highest BCUT2D eigenvalue weighted by atomic mass is 79.9. The normalized spacial score (nSPS) is 24.8. The van der Waals surface area contributed by atoms with Crippen LogP contribution in [0.3, 0.4) is 0 Å². The van der Waals surface area contributed by atoms with Gasteiger partial charge in [0.1, 0.15) is 0 Å². The van der Waals surface area contributed by atoms with E-state index >= 15 is 0 Å². The first kappa shape index (κ1) is 21.8. The maximum Gasteiger partial charge on any atom is 0.253 e. The number of hydrogen-bond acceptors (Lipinski definition) is 3. The molecule has 4 rings (SSSR count). The highest BCUT2D eigenvalue weighted by molar-refractivity contribution is 9.10. The highest BCUT2D eigenvalue weighted by Crippen LogP contribution is 2.33. The molecule has 0 radical (unpaired) electrons. The molecule has 0 aromatic heterocycles. The molecule has 0 bridgehead atoms. The molecule has 2 heterocycles. The second kappa shape index (κ2) is 9.82. The number of amides is 2. The fraction of sp³-hybridized carbons (Fsp3) is 0.667. The Balaban J connectivity index is 1.44. The number of halogens is 1. The quantitative estimate of drug-likeness (QED) is 0.656. The van der Waals surface area contributed by atoms with Gasteiger partial charge in [0.2, 0.25) is 5.91 Å². The van der Waals surface area contributed by atoms with Crippen molar-refractivity contribution < 1.29 is 9.59 Å². The van der Waals surface area contributed by atoms with Gasteiger partial charge in [-0.3, -0.25) is 14.5 Å². The minimum Gasteiger partial charge on any atom is -0.339 e. The second-order valence-corrected chi connectivity index (χ2v) is 10.1. The molecule has 0 unspecified atom stereocenters. The Morgan fingerprint density at radius 2 is 1.67 bits per heavy atom. The van der Waals surface area contributed by atoms with Crippen molar-refractivity contribution in [3.63, 3.8) is 0 Å². The molecular formula is C24H34BrN3O2. The van der Waals surface area contributed by atoms with Gasteiger partial charge in [-0.2, -0.15) is 0 Å². The van der Waals surface area contributed by atoms with E-state index in [1.165, 1.54) is 19.3 Å². The molecule has 2 amide bonds. The van der Waals surface area contributed by atoms with Crippen molar-refractivity contribution in [3.8, 4) is 0 Å². The topological polar surface area (TPSA) is 43.9 Å². The number of nitrogens with zero attached hydrogens (tertiary/aromatic N) is 3. The molecule has 0 N–H and O–H groups in total. The predicted molar refractivity (Wildman–Crippen MR) is 122 cm³/mol. The van der Waals surface area contributed by atoms with Crippen LogP contribution in [0.15, 0.2) is 28.7 Å². The number of piperidine rings is 1. The van der Waals surface area contributed by atoms with Crippen molar-refractivity contribution in [3.05, 3.63) is 34.3 Å². The van der Waals surface area contributed by atoms with Gasteiger partial charge in [-0.05, 0) is 63.1 Å². The van der Waals surface area contributed by atoms with Crippen LogP contribution in [0.5, 0.6) is 0 Å². The minimum atomic E-state index is -0.00354. The number of likely N-dealkylation sites (tertiary alicyclic amines) is 1. The van der Waals surface area contributed by atoms with Crippen molar-refractivity contribution in [1.29, 1.82) is 0 Å². The van der Waals surface area contributed by atoms with Crippen molar-refractivity contribution in [1.82, 2.24) is 14.7 Å². The third-order valence-electron chi connectivity index (χ3n) is 7.25. The van der Waals surface area contributed by atoms with Gasteiger partial charge in [-0.15, -0.1) is 0 Å². The van der Waals surface area contributed by atoms with E-state index in [-0.39, 0.29) is 11.9 Å². The lowest BCUT2D eigenvalue weighted by atomic mass is 9.92. The first-order chi connectivity index (χ1) is 14.5. The number of hydrogen-bond donors (Lipinski definition) is 0. The lowest BCUT2D eigenvalue weighted by Crippen LogP contribution is -2.60. The molecule has 5 nitrogen and oxygen atoms in total. The number of benzene rings is 1. The number of rotatable bonds is 4. The standard InChI is InChI=1S/C24H34BrN3O2/c1-18-7-4-5-12-28(18)24(30)22(19-8-2-3-9-19)26-13-15-27(16-14-26)23(29)20-10-6-11-21(25)17-20/h6,10-11,17-19,22H,2-5,7-9,12-16H2,1H3/t18-,22+/m1/s1. The zero-order chi connectivity index (χ0) is 21.1. The van der Waals surface area contributed by atoms with Gasteiger partial charge in [0.05, 0.1) is 6.04 Å². The van der Waals surface area contributed by atoms with Crippen LogP contribution in [-0.4, -0.2) is 71.3 Å². The Bertz CT molecular complexity index is 757. The molecule has 1 aliphatic carbocycles. The van der Waals surface area contributed by atoms with Gasteiger partial charge >= 0.3 is 0 Å². The van der Waals surface area contributed by atoms with Gasteiger partial charge in [0.15, 0.2) is 0 Å². The summed E-state index contributed by atoms with van der Waals surface area (Å²) in [5, 5.41) is 0. The monoisotopic (exact) mass is 475 g/mol. The first-order valence-electron chi connectivity index (χ1n) is 11.6. The number of carbonyl (C=O) groups excluding carboxylic acids is 2. The molecule has 2 atom stereocenters. The molecular weight excluding hydrogens is 442 g/mol. The third kappa shape index (κ3) is 4.75. The van der Waals surface area contributed by atoms with Crippen LogP contribution >= 0.6 is 15.9 Å². The number of carbonyl (C=O) groups is 2. The van der Waals surface area contributed by atoms with E-state index in [2.05, 4.69) is 32.7 Å². The lowest BCUT2D eigenvalue weighted by molar-refractivity contribution is -0.143.